The molecule has 0 N–H and O–H groups in total. The van der Waals surface area contributed by atoms with Crippen LogP contribution in [-0.2, 0) is 0 Å². The SMILES string of the molecule is CSCCCN1CCCCC1C#N. The third-order valence-electron chi connectivity index (χ3n) is 2.56. The molecule has 3 heteroatoms. The van der Waals surface area contributed by atoms with E-state index in [0.29, 0.717) is 0 Å². The minimum Gasteiger partial charge on any atom is -0.288 e. The average molecular weight is 198 g/mol. The predicted molar refractivity (Wildman–Crippen MR) is 57.8 cm³/mol. The van der Waals surface area contributed by atoms with Crippen molar-refractivity contribution in [2.24, 2.45) is 0 Å². The first-order valence-corrected chi connectivity index (χ1v) is 6.40. The molecule has 1 saturated heterocycles. The summed E-state index contributed by atoms with van der Waals surface area (Å²) < 4.78 is 0. The highest BCUT2D eigenvalue weighted by molar-refractivity contribution is 7.98. The second-order valence-corrected chi connectivity index (χ2v) is 4.51. The van der Waals surface area contributed by atoms with Gasteiger partial charge in [0.25, 0.3) is 0 Å². The van der Waals surface area contributed by atoms with E-state index in [1.54, 1.807) is 0 Å². The van der Waals surface area contributed by atoms with E-state index in [1.165, 1.54) is 25.0 Å². The van der Waals surface area contributed by atoms with Crippen LogP contribution in [0.15, 0.2) is 0 Å². The number of hydrogen-bond acceptors (Lipinski definition) is 3. The molecule has 1 aliphatic rings. The number of nitriles is 1. The van der Waals surface area contributed by atoms with E-state index in [2.05, 4.69) is 17.2 Å². The summed E-state index contributed by atoms with van der Waals surface area (Å²) in [5.74, 6) is 1.22. The Morgan fingerprint density at radius 2 is 2.38 bits per heavy atom. The Hall–Kier alpha value is -0.200. The molecule has 1 fully saturated rings. The van der Waals surface area contributed by atoms with E-state index < -0.39 is 0 Å². The maximum atomic E-state index is 8.92. The van der Waals surface area contributed by atoms with Gasteiger partial charge in [-0.25, -0.2) is 0 Å². The van der Waals surface area contributed by atoms with Gasteiger partial charge in [0, 0.05) is 6.54 Å². The van der Waals surface area contributed by atoms with E-state index in [0.717, 1.165) is 19.5 Å². The lowest BCUT2D eigenvalue weighted by atomic mass is 10.0. The van der Waals surface area contributed by atoms with Crippen molar-refractivity contribution in [2.45, 2.75) is 31.7 Å². The summed E-state index contributed by atoms with van der Waals surface area (Å²) in [6, 6.07) is 2.60. The smallest absolute Gasteiger partial charge is 0.0977 e. The highest BCUT2D eigenvalue weighted by Gasteiger charge is 2.20. The molecule has 0 amide bonds. The Balaban J connectivity index is 2.24. The van der Waals surface area contributed by atoms with Gasteiger partial charge in [-0.2, -0.15) is 17.0 Å². The van der Waals surface area contributed by atoms with Gasteiger partial charge < -0.3 is 0 Å². The molecular weight excluding hydrogens is 180 g/mol. The number of nitrogens with zero attached hydrogens (tertiary/aromatic N) is 2. The van der Waals surface area contributed by atoms with Gasteiger partial charge in [0.2, 0.25) is 0 Å². The van der Waals surface area contributed by atoms with Gasteiger partial charge in [0.15, 0.2) is 0 Å². The van der Waals surface area contributed by atoms with Gasteiger partial charge >= 0.3 is 0 Å². The van der Waals surface area contributed by atoms with Crippen LogP contribution >= 0.6 is 11.8 Å². The quantitative estimate of drug-likeness (QED) is 0.647. The molecule has 0 bridgehead atoms. The minimum absolute atomic E-state index is 0.204. The van der Waals surface area contributed by atoms with Crippen LogP contribution in [0.25, 0.3) is 0 Å². The van der Waals surface area contributed by atoms with Crippen molar-refractivity contribution >= 4 is 11.8 Å². The van der Waals surface area contributed by atoms with E-state index in [1.807, 2.05) is 11.8 Å². The number of likely N-dealkylation sites (tertiary alicyclic amines) is 1. The second-order valence-electron chi connectivity index (χ2n) is 3.52. The van der Waals surface area contributed by atoms with E-state index in [-0.39, 0.29) is 6.04 Å². The number of thioether (sulfide) groups is 1. The monoisotopic (exact) mass is 198 g/mol. The molecular formula is C10H18N2S. The minimum atomic E-state index is 0.204. The maximum Gasteiger partial charge on any atom is 0.0977 e. The molecule has 1 rings (SSSR count). The molecule has 2 nitrogen and oxygen atoms in total. The summed E-state index contributed by atoms with van der Waals surface area (Å²) in [7, 11) is 0. The summed E-state index contributed by atoms with van der Waals surface area (Å²) >= 11 is 1.89. The van der Waals surface area contributed by atoms with Gasteiger partial charge in [0.1, 0.15) is 0 Å². The molecule has 0 saturated carbocycles. The van der Waals surface area contributed by atoms with Crippen LogP contribution in [0.4, 0.5) is 0 Å². The van der Waals surface area contributed by atoms with Crippen molar-refractivity contribution in [3.63, 3.8) is 0 Å². The fourth-order valence-electron chi connectivity index (χ4n) is 1.82. The Labute approximate surface area is 85.3 Å². The second kappa shape index (κ2) is 6.28. The number of hydrogen-bond donors (Lipinski definition) is 0. The first-order chi connectivity index (χ1) is 6.38. The zero-order valence-corrected chi connectivity index (χ0v) is 9.15. The van der Waals surface area contributed by atoms with Crippen LogP contribution in [0.1, 0.15) is 25.7 Å². The molecule has 0 aliphatic carbocycles. The van der Waals surface area contributed by atoms with E-state index in [9.17, 15) is 0 Å². The highest BCUT2D eigenvalue weighted by Crippen LogP contribution is 2.16. The molecule has 1 unspecified atom stereocenters. The topological polar surface area (TPSA) is 27.0 Å². The summed E-state index contributed by atoms with van der Waals surface area (Å²) in [4.78, 5) is 2.35. The number of piperidine rings is 1. The standard InChI is InChI=1S/C10H18N2S/c1-13-8-4-7-12-6-3-2-5-10(12)9-11/h10H,2-8H2,1H3. The van der Waals surface area contributed by atoms with Crippen molar-refractivity contribution in [3.8, 4) is 6.07 Å². The number of rotatable bonds is 4. The molecule has 0 spiro atoms. The molecule has 1 heterocycles. The van der Waals surface area contributed by atoms with Crippen molar-refractivity contribution in [1.82, 2.24) is 4.90 Å². The Morgan fingerprint density at radius 3 is 3.08 bits per heavy atom. The van der Waals surface area contributed by atoms with E-state index in [4.69, 9.17) is 5.26 Å². The molecule has 1 atom stereocenters. The summed E-state index contributed by atoms with van der Waals surface area (Å²) in [6.45, 7) is 2.24. The molecule has 74 valence electrons. The maximum absolute atomic E-state index is 8.92. The predicted octanol–water partition coefficient (Wildman–Crippen LogP) is 2.12. The van der Waals surface area contributed by atoms with Crippen LogP contribution in [-0.4, -0.2) is 36.0 Å². The normalized spacial score (nSPS) is 24.2. The van der Waals surface area contributed by atoms with Crippen LogP contribution in [0.3, 0.4) is 0 Å². The lowest BCUT2D eigenvalue weighted by molar-refractivity contribution is 0.185. The van der Waals surface area contributed by atoms with Gasteiger partial charge in [-0.1, -0.05) is 0 Å². The zero-order valence-electron chi connectivity index (χ0n) is 8.33. The lowest BCUT2D eigenvalue weighted by Crippen LogP contribution is -2.39. The van der Waals surface area contributed by atoms with Crippen LogP contribution in [0.5, 0.6) is 0 Å². The first-order valence-electron chi connectivity index (χ1n) is 5.01. The van der Waals surface area contributed by atoms with Gasteiger partial charge in [-0.05, 0) is 44.2 Å². The van der Waals surface area contributed by atoms with Crippen molar-refractivity contribution < 1.29 is 0 Å². The third kappa shape index (κ3) is 3.58. The van der Waals surface area contributed by atoms with Gasteiger partial charge in [0.05, 0.1) is 12.1 Å². The Kier molecular flexibility index (Phi) is 5.26. The molecule has 0 aromatic carbocycles. The molecule has 0 aromatic heterocycles. The molecule has 0 radical (unpaired) electrons. The zero-order chi connectivity index (χ0) is 9.52. The molecule has 13 heavy (non-hydrogen) atoms. The van der Waals surface area contributed by atoms with Crippen LogP contribution < -0.4 is 0 Å². The third-order valence-corrected chi connectivity index (χ3v) is 3.25. The Morgan fingerprint density at radius 1 is 1.54 bits per heavy atom. The van der Waals surface area contributed by atoms with Gasteiger partial charge in [-0.15, -0.1) is 0 Å². The summed E-state index contributed by atoms with van der Waals surface area (Å²) in [6.07, 6.45) is 6.95. The average Bonchev–Trinajstić information content (AvgIpc) is 2.19. The van der Waals surface area contributed by atoms with Crippen LogP contribution in [0.2, 0.25) is 0 Å². The lowest BCUT2D eigenvalue weighted by Gasteiger charge is -2.31. The van der Waals surface area contributed by atoms with Crippen LogP contribution in [0, 0.1) is 11.3 Å². The molecule has 0 aromatic rings. The highest BCUT2D eigenvalue weighted by atomic mass is 32.2. The first kappa shape index (κ1) is 10.9. The van der Waals surface area contributed by atoms with E-state index >= 15 is 0 Å². The van der Waals surface area contributed by atoms with Crippen molar-refractivity contribution in [1.29, 1.82) is 5.26 Å². The summed E-state index contributed by atoms with van der Waals surface area (Å²) in [5.41, 5.74) is 0. The van der Waals surface area contributed by atoms with Crippen molar-refractivity contribution in [2.75, 3.05) is 25.1 Å². The fraction of sp³-hybridized carbons (Fsp3) is 0.900. The molecule has 1 aliphatic heterocycles. The fourth-order valence-corrected chi connectivity index (χ4v) is 2.23. The van der Waals surface area contributed by atoms with Gasteiger partial charge in [-0.3, -0.25) is 4.90 Å². The van der Waals surface area contributed by atoms with Crippen molar-refractivity contribution in [3.05, 3.63) is 0 Å². The largest absolute Gasteiger partial charge is 0.288 e. The summed E-state index contributed by atoms with van der Waals surface area (Å²) in [5, 5.41) is 8.92. The Bertz CT molecular complexity index is 176.